The number of nitrogens with one attached hydrogen (secondary N) is 1. The van der Waals surface area contributed by atoms with Gasteiger partial charge in [0.25, 0.3) is 11.8 Å². The van der Waals surface area contributed by atoms with Crippen molar-refractivity contribution in [3.63, 3.8) is 0 Å². The Hall–Kier alpha value is -3.46. The summed E-state index contributed by atoms with van der Waals surface area (Å²) in [5, 5.41) is 6.60. The van der Waals surface area contributed by atoms with Gasteiger partial charge in [0.05, 0.1) is 0 Å². The number of rotatable bonds is 0. The second-order valence-corrected chi connectivity index (χ2v) is 6.60. The summed E-state index contributed by atoms with van der Waals surface area (Å²) in [4.78, 5) is 24.5. The van der Waals surface area contributed by atoms with E-state index >= 15 is 0 Å². The van der Waals surface area contributed by atoms with E-state index in [9.17, 15) is 9.59 Å². The van der Waals surface area contributed by atoms with Gasteiger partial charge in [0.15, 0.2) is 0 Å². The Morgan fingerprint density at radius 3 is 1.48 bits per heavy atom. The lowest BCUT2D eigenvalue weighted by molar-refractivity contribution is 0.0845. The Kier molecular flexibility index (Phi) is 2.13. The molecule has 1 N–H and O–H groups in total. The highest BCUT2D eigenvalue weighted by atomic mass is 16.2. The topological polar surface area (TPSA) is 46.2 Å². The van der Waals surface area contributed by atoms with Crippen LogP contribution in [0.1, 0.15) is 20.7 Å². The van der Waals surface area contributed by atoms with Gasteiger partial charge < -0.3 is 0 Å². The van der Waals surface area contributed by atoms with Crippen LogP contribution in [-0.2, 0) is 0 Å². The summed E-state index contributed by atoms with van der Waals surface area (Å²) in [6.45, 7) is 0. The summed E-state index contributed by atoms with van der Waals surface area (Å²) in [5.41, 5.74) is 5.67. The van der Waals surface area contributed by atoms with Crippen LogP contribution in [0.2, 0.25) is 0 Å². The monoisotopic (exact) mass is 321 g/mol. The van der Waals surface area contributed by atoms with E-state index in [0.717, 1.165) is 33.0 Å². The molecule has 0 saturated heterocycles. The van der Waals surface area contributed by atoms with Crippen LogP contribution in [0.3, 0.4) is 0 Å². The lowest BCUT2D eigenvalue weighted by atomic mass is 9.91. The lowest BCUT2D eigenvalue weighted by Crippen LogP contribution is -2.34. The molecule has 0 aromatic heterocycles. The molecular weight excluding hydrogens is 310 g/mol. The zero-order valence-electron chi connectivity index (χ0n) is 13.1. The molecule has 0 unspecified atom stereocenters. The van der Waals surface area contributed by atoms with Gasteiger partial charge in [0.1, 0.15) is 0 Å². The average molecular weight is 321 g/mol. The number of hydrogen-bond donors (Lipinski definition) is 1. The van der Waals surface area contributed by atoms with Gasteiger partial charge in [-0.1, -0.05) is 36.4 Å². The van der Waals surface area contributed by atoms with Crippen molar-refractivity contribution in [2.45, 2.75) is 0 Å². The molecule has 0 bridgehead atoms. The van der Waals surface area contributed by atoms with Crippen LogP contribution >= 0.6 is 0 Å². The molecule has 3 heteroatoms. The van der Waals surface area contributed by atoms with E-state index in [1.807, 2.05) is 36.4 Å². The standard InChI is InChI=1S/C22H11NO2/c24-21-15-7-5-13-17-9-11-3-1-2-4-12(11)10-18(17)14-6-8-16(22(25)23-21)20(15)19(13)14/h1-10H,(H,23,24,25). The second-order valence-electron chi connectivity index (χ2n) is 6.60. The number of carbonyl (C=O) groups excluding carboxylic acids is 2. The highest BCUT2D eigenvalue weighted by Gasteiger charge is 2.31. The minimum atomic E-state index is -0.317. The number of imide groups is 1. The quantitative estimate of drug-likeness (QED) is 0.426. The third-order valence-corrected chi connectivity index (χ3v) is 5.34. The van der Waals surface area contributed by atoms with E-state index in [1.54, 1.807) is 0 Å². The normalized spacial score (nSPS) is 14.1. The van der Waals surface area contributed by atoms with Crippen molar-refractivity contribution < 1.29 is 9.59 Å². The maximum atomic E-state index is 12.3. The smallest absolute Gasteiger partial charge is 0.258 e. The van der Waals surface area contributed by atoms with Gasteiger partial charge in [-0.3, -0.25) is 14.9 Å². The molecule has 0 fully saturated rings. The van der Waals surface area contributed by atoms with Crippen LogP contribution < -0.4 is 5.32 Å². The highest BCUT2D eigenvalue weighted by Crippen LogP contribution is 2.50. The minimum absolute atomic E-state index is 0.317. The average Bonchev–Trinajstić information content (AvgIpc) is 2.94. The van der Waals surface area contributed by atoms with Crippen LogP contribution in [0.25, 0.3) is 43.8 Å². The van der Waals surface area contributed by atoms with E-state index in [2.05, 4.69) is 29.6 Å². The SMILES string of the molecule is O=C1NC(=O)c2ccc3c4c(ccc1c24)-c1cc2ccccc2cc1-3. The third-order valence-electron chi connectivity index (χ3n) is 5.34. The molecule has 2 amide bonds. The Bertz CT molecular complexity index is 1210. The van der Waals surface area contributed by atoms with Crippen molar-refractivity contribution in [3.8, 4) is 22.3 Å². The summed E-state index contributed by atoms with van der Waals surface area (Å²) in [6.07, 6.45) is 0. The number of carbonyl (C=O) groups is 2. The van der Waals surface area contributed by atoms with Gasteiger partial charge in [-0.05, 0) is 62.7 Å². The molecule has 0 spiro atoms. The zero-order valence-corrected chi connectivity index (χ0v) is 13.1. The molecule has 6 rings (SSSR count). The maximum Gasteiger partial charge on any atom is 0.258 e. The van der Waals surface area contributed by atoms with Crippen LogP contribution in [0.15, 0.2) is 60.7 Å². The van der Waals surface area contributed by atoms with E-state index < -0.39 is 0 Å². The molecule has 1 aliphatic heterocycles. The van der Waals surface area contributed by atoms with Gasteiger partial charge in [-0.2, -0.15) is 0 Å². The van der Waals surface area contributed by atoms with Crippen molar-refractivity contribution in [1.29, 1.82) is 0 Å². The molecule has 25 heavy (non-hydrogen) atoms. The molecule has 0 radical (unpaired) electrons. The Morgan fingerprint density at radius 1 is 0.520 bits per heavy atom. The van der Waals surface area contributed by atoms with E-state index in [1.165, 1.54) is 10.8 Å². The number of fused-ring (bicyclic) bond motifs is 4. The van der Waals surface area contributed by atoms with Crippen LogP contribution in [0.4, 0.5) is 0 Å². The zero-order chi connectivity index (χ0) is 16.7. The minimum Gasteiger partial charge on any atom is -0.288 e. The summed E-state index contributed by atoms with van der Waals surface area (Å²) in [7, 11) is 0. The number of amides is 2. The Balaban J connectivity index is 1.83. The summed E-state index contributed by atoms with van der Waals surface area (Å²) >= 11 is 0. The third kappa shape index (κ3) is 1.46. The maximum absolute atomic E-state index is 12.3. The molecule has 0 atom stereocenters. The molecule has 116 valence electrons. The first-order chi connectivity index (χ1) is 12.2. The lowest BCUT2D eigenvalue weighted by Gasteiger charge is -2.17. The fraction of sp³-hybridized carbons (Fsp3) is 0. The molecule has 2 aliphatic rings. The predicted octanol–water partition coefficient (Wildman–Crippen LogP) is 4.52. The molecule has 4 aromatic rings. The first-order valence-corrected chi connectivity index (χ1v) is 8.21. The van der Waals surface area contributed by atoms with Crippen LogP contribution in [0, 0.1) is 0 Å². The molecule has 1 aliphatic carbocycles. The first kappa shape index (κ1) is 12.9. The molecular formula is C22H11NO2. The van der Waals surface area contributed by atoms with Gasteiger partial charge in [-0.25, -0.2) is 0 Å². The molecule has 1 heterocycles. The Labute approximate surface area is 142 Å². The van der Waals surface area contributed by atoms with Crippen molar-refractivity contribution >= 4 is 33.4 Å². The highest BCUT2D eigenvalue weighted by molar-refractivity contribution is 6.31. The predicted molar refractivity (Wildman–Crippen MR) is 97.7 cm³/mol. The summed E-state index contributed by atoms with van der Waals surface area (Å²) in [5.74, 6) is -0.635. The Morgan fingerprint density at radius 2 is 0.960 bits per heavy atom. The van der Waals surface area contributed by atoms with Gasteiger partial charge in [-0.15, -0.1) is 0 Å². The molecule has 3 nitrogen and oxygen atoms in total. The van der Waals surface area contributed by atoms with Gasteiger partial charge in [0.2, 0.25) is 0 Å². The largest absolute Gasteiger partial charge is 0.288 e. The van der Waals surface area contributed by atoms with Gasteiger partial charge >= 0.3 is 0 Å². The fourth-order valence-corrected chi connectivity index (χ4v) is 4.25. The summed E-state index contributed by atoms with van der Waals surface area (Å²) < 4.78 is 0. The van der Waals surface area contributed by atoms with E-state index in [4.69, 9.17) is 0 Å². The van der Waals surface area contributed by atoms with E-state index in [-0.39, 0.29) is 11.8 Å². The van der Waals surface area contributed by atoms with Crippen molar-refractivity contribution in [2.24, 2.45) is 0 Å². The van der Waals surface area contributed by atoms with Crippen molar-refractivity contribution in [3.05, 3.63) is 71.8 Å². The van der Waals surface area contributed by atoms with Crippen LogP contribution in [-0.4, -0.2) is 11.8 Å². The first-order valence-electron chi connectivity index (χ1n) is 8.21. The fourth-order valence-electron chi connectivity index (χ4n) is 4.25. The van der Waals surface area contributed by atoms with Crippen molar-refractivity contribution in [1.82, 2.24) is 5.32 Å². The number of benzene rings is 4. The van der Waals surface area contributed by atoms with Crippen molar-refractivity contribution in [2.75, 3.05) is 0 Å². The molecule has 4 aromatic carbocycles. The van der Waals surface area contributed by atoms with Gasteiger partial charge in [0, 0.05) is 16.5 Å². The number of hydrogen-bond acceptors (Lipinski definition) is 2. The second kappa shape index (κ2) is 4.14. The van der Waals surface area contributed by atoms with Crippen LogP contribution in [0.5, 0.6) is 0 Å². The van der Waals surface area contributed by atoms with E-state index in [0.29, 0.717) is 11.1 Å². The molecule has 0 saturated carbocycles. The summed E-state index contributed by atoms with van der Waals surface area (Å²) in [6, 6.07) is 20.4.